The summed E-state index contributed by atoms with van der Waals surface area (Å²) in [6, 6.07) is 12.1. The molecule has 0 bridgehead atoms. The maximum Gasteiger partial charge on any atom is 0.255 e. The topological polar surface area (TPSA) is 102 Å². The number of rotatable bonds is 8. The Morgan fingerprint density at radius 2 is 1.96 bits per heavy atom. The first-order valence-electron chi connectivity index (χ1n) is 8.57. The van der Waals surface area contributed by atoms with Crippen molar-refractivity contribution in [3.63, 3.8) is 0 Å². The van der Waals surface area contributed by atoms with E-state index in [1.807, 2.05) is 32.0 Å². The summed E-state index contributed by atoms with van der Waals surface area (Å²) in [7, 11) is -2.49. The molecule has 0 aliphatic heterocycles. The van der Waals surface area contributed by atoms with Gasteiger partial charge in [0.25, 0.3) is 5.91 Å². The Bertz CT molecular complexity index is 913. The van der Waals surface area contributed by atoms with Gasteiger partial charge in [-0.25, -0.2) is 13.6 Å². The van der Waals surface area contributed by atoms with Gasteiger partial charge in [0.05, 0.1) is 17.6 Å². The lowest BCUT2D eigenvalue weighted by Crippen LogP contribution is -2.35. The van der Waals surface area contributed by atoms with E-state index in [-0.39, 0.29) is 16.2 Å². The molecule has 0 saturated carbocycles. The largest absolute Gasteiger partial charge is 0.496 e. The zero-order valence-electron chi connectivity index (χ0n) is 15.7. The number of methoxy groups -OCH3 is 1. The third-order valence-electron chi connectivity index (χ3n) is 4.16. The number of hydrogen-bond acceptors (Lipinski definition) is 5. The van der Waals surface area contributed by atoms with Crippen LogP contribution in [0.3, 0.4) is 0 Å². The lowest BCUT2D eigenvalue weighted by atomic mass is 10.2. The highest BCUT2D eigenvalue weighted by Crippen LogP contribution is 2.22. The van der Waals surface area contributed by atoms with Crippen LogP contribution in [0.2, 0.25) is 0 Å². The van der Waals surface area contributed by atoms with E-state index in [9.17, 15) is 13.2 Å². The highest BCUT2D eigenvalue weighted by molar-refractivity contribution is 7.89. The van der Waals surface area contributed by atoms with Crippen LogP contribution in [0, 0.1) is 6.92 Å². The number of sulfonamides is 1. The third kappa shape index (κ3) is 5.45. The lowest BCUT2D eigenvalue weighted by Gasteiger charge is -2.23. The van der Waals surface area contributed by atoms with Gasteiger partial charge in [-0.2, -0.15) is 0 Å². The summed E-state index contributed by atoms with van der Waals surface area (Å²) in [6.07, 6.45) is 0. The van der Waals surface area contributed by atoms with Crippen molar-refractivity contribution in [2.45, 2.75) is 18.7 Å². The summed E-state index contributed by atoms with van der Waals surface area (Å²) in [4.78, 5) is 14.5. The maximum atomic E-state index is 12.5. The fourth-order valence-electron chi connectivity index (χ4n) is 2.74. The van der Waals surface area contributed by atoms with E-state index in [2.05, 4.69) is 16.3 Å². The number of carbonyl (C=O) groups is 1. The van der Waals surface area contributed by atoms with E-state index in [0.29, 0.717) is 13.1 Å². The molecule has 2 aromatic carbocycles. The van der Waals surface area contributed by atoms with Gasteiger partial charge in [0, 0.05) is 25.3 Å². The van der Waals surface area contributed by atoms with Crippen molar-refractivity contribution < 1.29 is 17.9 Å². The van der Waals surface area contributed by atoms with Gasteiger partial charge in [0.15, 0.2) is 0 Å². The molecule has 0 spiro atoms. The number of nitrogens with two attached hydrogens (primary N) is 1. The molecular formula is C19H25N3O4S. The molecule has 3 N–H and O–H groups in total. The van der Waals surface area contributed by atoms with Gasteiger partial charge in [-0.3, -0.25) is 4.79 Å². The number of anilines is 1. The Morgan fingerprint density at radius 3 is 2.56 bits per heavy atom. The van der Waals surface area contributed by atoms with E-state index in [1.54, 1.807) is 0 Å². The minimum atomic E-state index is -3.91. The van der Waals surface area contributed by atoms with E-state index >= 15 is 0 Å². The number of hydrogen-bond donors (Lipinski definition) is 2. The van der Waals surface area contributed by atoms with Crippen molar-refractivity contribution in [3.05, 3.63) is 53.6 Å². The number of carbonyl (C=O) groups excluding carboxylic acids is 1. The van der Waals surface area contributed by atoms with Crippen LogP contribution in [-0.2, 0) is 10.0 Å². The Balaban J connectivity index is 2.09. The van der Waals surface area contributed by atoms with Crippen LogP contribution >= 0.6 is 0 Å². The molecule has 0 radical (unpaired) electrons. The molecule has 2 rings (SSSR count). The number of nitrogens with zero attached hydrogens (tertiary/aromatic N) is 1. The van der Waals surface area contributed by atoms with Crippen LogP contribution in [0.15, 0.2) is 47.4 Å². The third-order valence-corrected chi connectivity index (χ3v) is 5.07. The molecule has 0 saturated heterocycles. The average molecular weight is 391 g/mol. The van der Waals surface area contributed by atoms with Crippen LogP contribution < -0.4 is 20.1 Å². The zero-order valence-corrected chi connectivity index (χ0v) is 16.5. The van der Waals surface area contributed by atoms with Gasteiger partial charge in [0.2, 0.25) is 10.0 Å². The molecule has 8 heteroatoms. The molecule has 7 nitrogen and oxygen atoms in total. The van der Waals surface area contributed by atoms with Crippen LogP contribution in [0.4, 0.5) is 5.69 Å². The molecule has 0 aromatic heterocycles. The maximum absolute atomic E-state index is 12.5. The van der Waals surface area contributed by atoms with Gasteiger partial charge >= 0.3 is 0 Å². The average Bonchev–Trinajstić information content (AvgIpc) is 2.63. The molecule has 2 aromatic rings. The van der Waals surface area contributed by atoms with Crippen LogP contribution in [-0.4, -0.2) is 41.1 Å². The Labute approximate surface area is 160 Å². The second-order valence-electron chi connectivity index (χ2n) is 6.08. The first-order chi connectivity index (χ1) is 12.8. The molecule has 146 valence electrons. The van der Waals surface area contributed by atoms with Crippen molar-refractivity contribution in [1.29, 1.82) is 0 Å². The van der Waals surface area contributed by atoms with Crippen LogP contribution in [0.1, 0.15) is 22.8 Å². The van der Waals surface area contributed by atoms with Crippen molar-refractivity contribution in [2.24, 2.45) is 5.14 Å². The van der Waals surface area contributed by atoms with Crippen molar-refractivity contribution in [1.82, 2.24) is 5.32 Å². The summed E-state index contributed by atoms with van der Waals surface area (Å²) >= 11 is 0. The molecular weight excluding hydrogens is 366 g/mol. The molecule has 0 aliphatic rings. The molecule has 0 heterocycles. The summed E-state index contributed by atoms with van der Waals surface area (Å²) < 4.78 is 28.2. The standard InChI is InChI=1S/C19H25N3O4S/c1-4-22(15-7-5-6-14(2)12-15)11-10-21-19(23)17-13-16(27(20,24)25)8-9-18(17)26-3/h5-9,12-13H,4,10-11H2,1-3H3,(H,21,23)(H2,20,24,25). The highest BCUT2D eigenvalue weighted by atomic mass is 32.2. The van der Waals surface area contributed by atoms with E-state index in [0.717, 1.165) is 12.2 Å². The van der Waals surface area contributed by atoms with Gasteiger partial charge in [-0.05, 0) is 49.7 Å². The number of benzene rings is 2. The van der Waals surface area contributed by atoms with Crippen molar-refractivity contribution in [3.8, 4) is 5.75 Å². The molecule has 0 unspecified atom stereocenters. The van der Waals surface area contributed by atoms with Gasteiger partial charge in [-0.1, -0.05) is 12.1 Å². The summed E-state index contributed by atoms with van der Waals surface area (Å²) in [5, 5.41) is 7.95. The van der Waals surface area contributed by atoms with Crippen molar-refractivity contribution in [2.75, 3.05) is 31.6 Å². The van der Waals surface area contributed by atoms with Gasteiger partial charge in [-0.15, -0.1) is 0 Å². The van der Waals surface area contributed by atoms with Crippen molar-refractivity contribution >= 4 is 21.6 Å². The molecule has 27 heavy (non-hydrogen) atoms. The first-order valence-corrected chi connectivity index (χ1v) is 10.1. The monoisotopic (exact) mass is 391 g/mol. The Morgan fingerprint density at radius 1 is 1.22 bits per heavy atom. The Kier molecular flexibility index (Phi) is 6.81. The smallest absolute Gasteiger partial charge is 0.255 e. The quantitative estimate of drug-likeness (QED) is 0.716. The molecule has 1 amide bonds. The number of amides is 1. The predicted octanol–water partition coefficient (Wildman–Crippen LogP) is 1.91. The number of ether oxygens (including phenoxy) is 1. The highest BCUT2D eigenvalue weighted by Gasteiger charge is 2.17. The van der Waals surface area contributed by atoms with Crippen LogP contribution in [0.5, 0.6) is 5.75 Å². The Hall–Kier alpha value is -2.58. The summed E-state index contributed by atoms with van der Waals surface area (Å²) in [5.74, 6) is -0.136. The number of nitrogens with one attached hydrogen (secondary N) is 1. The van der Waals surface area contributed by atoms with Gasteiger partial charge in [0.1, 0.15) is 5.75 Å². The first kappa shape index (κ1) is 20.7. The molecule has 0 atom stereocenters. The van der Waals surface area contributed by atoms with E-state index < -0.39 is 15.9 Å². The fraction of sp³-hybridized carbons (Fsp3) is 0.316. The van der Waals surface area contributed by atoms with E-state index in [1.165, 1.54) is 30.9 Å². The van der Waals surface area contributed by atoms with Gasteiger partial charge < -0.3 is 15.0 Å². The fourth-order valence-corrected chi connectivity index (χ4v) is 3.28. The van der Waals surface area contributed by atoms with Crippen LogP contribution in [0.25, 0.3) is 0 Å². The minimum Gasteiger partial charge on any atom is -0.496 e. The zero-order chi connectivity index (χ0) is 20.0. The second-order valence-corrected chi connectivity index (χ2v) is 7.64. The summed E-state index contributed by atoms with van der Waals surface area (Å²) in [5.41, 5.74) is 2.38. The second kappa shape index (κ2) is 8.88. The SMILES string of the molecule is CCN(CCNC(=O)c1cc(S(N)(=O)=O)ccc1OC)c1cccc(C)c1. The number of aryl methyl sites for hydroxylation is 1. The number of primary sulfonamides is 1. The predicted molar refractivity (Wildman–Crippen MR) is 106 cm³/mol. The number of likely N-dealkylation sites (N-methyl/N-ethyl adjacent to an activating group) is 1. The lowest BCUT2D eigenvalue weighted by molar-refractivity contribution is 0.0951. The molecule has 0 fully saturated rings. The van der Waals surface area contributed by atoms with E-state index in [4.69, 9.17) is 9.88 Å². The normalized spacial score (nSPS) is 11.1. The molecule has 0 aliphatic carbocycles. The summed E-state index contributed by atoms with van der Waals surface area (Å²) in [6.45, 7) is 5.88. The minimum absolute atomic E-state index is 0.127.